The van der Waals surface area contributed by atoms with E-state index in [-0.39, 0.29) is 24.5 Å². The van der Waals surface area contributed by atoms with Gasteiger partial charge < -0.3 is 10.4 Å². The van der Waals surface area contributed by atoms with Crippen LogP contribution in [0, 0.1) is 5.92 Å². The van der Waals surface area contributed by atoms with Crippen LogP contribution in [0.2, 0.25) is 0 Å². The predicted octanol–water partition coefficient (Wildman–Crippen LogP) is 1.31. The van der Waals surface area contributed by atoms with Crippen LogP contribution in [0.4, 0.5) is 0 Å². The molecule has 0 saturated carbocycles. The molecular weight excluding hydrogens is 166 g/mol. The van der Waals surface area contributed by atoms with Gasteiger partial charge in [0.1, 0.15) is 0 Å². The number of amides is 1. The number of aliphatic hydroxyl groups is 1. The SMILES string of the molecule is CCC(C)C(=O)NC(C)CCCO. The molecule has 0 saturated heterocycles. The highest BCUT2D eigenvalue weighted by Crippen LogP contribution is 2.02. The molecule has 0 aliphatic heterocycles. The molecule has 0 bridgehead atoms. The highest BCUT2D eigenvalue weighted by molar-refractivity contribution is 5.78. The van der Waals surface area contributed by atoms with E-state index in [1.807, 2.05) is 20.8 Å². The van der Waals surface area contributed by atoms with Gasteiger partial charge in [-0.2, -0.15) is 0 Å². The number of hydrogen-bond donors (Lipinski definition) is 2. The molecule has 78 valence electrons. The first-order chi connectivity index (χ1) is 6.11. The summed E-state index contributed by atoms with van der Waals surface area (Å²) >= 11 is 0. The molecule has 0 aromatic heterocycles. The molecule has 1 amide bonds. The molecule has 0 rings (SSSR count). The van der Waals surface area contributed by atoms with E-state index in [4.69, 9.17) is 5.11 Å². The fraction of sp³-hybridized carbons (Fsp3) is 0.900. The fourth-order valence-corrected chi connectivity index (χ4v) is 1.04. The molecule has 0 spiro atoms. The maximum absolute atomic E-state index is 11.4. The summed E-state index contributed by atoms with van der Waals surface area (Å²) in [5, 5.41) is 11.5. The molecule has 0 heterocycles. The summed E-state index contributed by atoms with van der Waals surface area (Å²) in [6, 6.07) is 0.175. The number of aliphatic hydroxyl groups excluding tert-OH is 1. The molecule has 3 nitrogen and oxygen atoms in total. The summed E-state index contributed by atoms with van der Waals surface area (Å²) in [6.07, 6.45) is 2.47. The molecular formula is C10H21NO2. The third kappa shape index (κ3) is 5.64. The highest BCUT2D eigenvalue weighted by atomic mass is 16.2. The van der Waals surface area contributed by atoms with E-state index in [1.54, 1.807) is 0 Å². The van der Waals surface area contributed by atoms with E-state index in [9.17, 15) is 4.79 Å². The van der Waals surface area contributed by atoms with Gasteiger partial charge in [0.15, 0.2) is 0 Å². The second-order valence-electron chi connectivity index (χ2n) is 3.58. The lowest BCUT2D eigenvalue weighted by Crippen LogP contribution is -2.36. The van der Waals surface area contributed by atoms with Gasteiger partial charge in [0.2, 0.25) is 5.91 Å². The molecule has 2 N–H and O–H groups in total. The molecule has 3 heteroatoms. The van der Waals surface area contributed by atoms with E-state index in [1.165, 1.54) is 0 Å². The first-order valence-electron chi connectivity index (χ1n) is 5.03. The van der Waals surface area contributed by atoms with Crippen LogP contribution in [0.5, 0.6) is 0 Å². The number of carbonyl (C=O) groups excluding carboxylic acids is 1. The van der Waals surface area contributed by atoms with Crippen molar-refractivity contribution in [2.45, 2.75) is 46.1 Å². The normalized spacial score (nSPS) is 15.1. The van der Waals surface area contributed by atoms with Crippen LogP contribution in [0.25, 0.3) is 0 Å². The van der Waals surface area contributed by atoms with Crippen molar-refractivity contribution in [1.82, 2.24) is 5.32 Å². The van der Waals surface area contributed by atoms with Crippen molar-refractivity contribution >= 4 is 5.91 Å². The van der Waals surface area contributed by atoms with E-state index in [0.717, 1.165) is 19.3 Å². The van der Waals surface area contributed by atoms with Crippen LogP contribution in [0.3, 0.4) is 0 Å². The monoisotopic (exact) mass is 187 g/mol. The first-order valence-corrected chi connectivity index (χ1v) is 5.03. The molecule has 0 aliphatic rings. The Morgan fingerprint density at radius 3 is 2.54 bits per heavy atom. The Hall–Kier alpha value is -0.570. The van der Waals surface area contributed by atoms with Gasteiger partial charge in [0, 0.05) is 18.6 Å². The summed E-state index contributed by atoms with van der Waals surface area (Å²) in [4.78, 5) is 11.4. The second-order valence-corrected chi connectivity index (χ2v) is 3.58. The van der Waals surface area contributed by atoms with Gasteiger partial charge in [0.25, 0.3) is 0 Å². The molecule has 0 radical (unpaired) electrons. The predicted molar refractivity (Wildman–Crippen MR) is 53.4 cm³/mol. The lowest BCUT2D eigenvalue weighted by Gasteiger charge is -2.16. The minimum Gasteiger partial charge on any atom is -0.396 e. The first kappa shape index (κ1) is 12.4. The van der Waals surface area contributed by atoms with Gasteiger partial charge in [-0.1, -0.05) is 13.8 Å². The molecule has 0 aromatic rings. The third-order valence-electron chi connectivity index (χ3n) is 2.24. The van der Waals surface area contributed by atoms with Gasteiger partial charge in [-0.05, 0) is 26.2 Å². The summed E-state index contributed by atoms with van der Waals surface area (Å²) in [5.74, 6) is 0.213. The van der Waals surface area contributed by atoms with Crippen molar-refractivity contribution in [3.63, 3.8) is 0 Å². The van der Waals surface area contributed by atoms with E-state index < -0.39 is 0 Å². The number of carbonyl (C=O) groups is 1. The molecule has 0 fully saturated rings. The lowest BCUT2D eigenvalue weighted by atomic mass is 10.1. The van der Waals surface area contributed by atoms with Gasteiger partial charge in [-0.3, -0.25) is 4.79 Å². The van der Waals surface area contributed by atoms with Gasteiger partial charge in [-0.25, -0.2) is 0 Å². The zero-order valence-electron chi connectivity index (χ0n) is 8.84. The topological polar surface area (TPSA) is 49.3 Å². The summed E-state index contributed by atoms with van der Waals surface area (Å²) in [6.45, 7) is 6.09. The van der Waals surface area contributed by atoms with Gasteiger partial charge in [-0.15, -0.1) is 0 Å². The third-order valence-corrected chi connectivity index (χ3v) is 2.24. The Morgan fingerprint density at radius 2 is 2.08 bits per heavy atom. The summed E-state index contributed by atoms with van der Waals surface area (Å²) < 4.78 is 0. The van der Waals surface area contributed by atoms with Gasteiger partial charge in [0.05, 0.1) is 0 Å². The average molecular weight is 187 g/mol. The highest BCUT2D eigenvalue weighted by Gasteiger charge is 2.12. The van der Waals surface area contributed by atoms with E-state index in [0.29, 0.717) is 0 Å². The Labute approximate surface area is 80.5 Å². The maximum Gasteiger partial charge on any atom is 0.223 e. The molecule has 0 aliphatic carbocycles. The van der Waals surface area contributed by atoms with Gasteiger partial charge >= 0.3 is 0 Å². The zero-order chi connectivity index (χ0) is 10.3. The van der Waals surface area contributed by atoms with Crippen LogP contribution in [-0.4, -0.2) is 23.7 Å². The van der Waals surface area contributed by atoms with Crippen molar-refractivity contribution < 1.29 is 9.90 Å². The van der Waals surface area contributed by atoms with Crippen molar-refractivity contribution in [3.8, 4) is 0 Å². The largest absolute Gasteiger partial charge is 0.396 e. The van der Waals surface area contributed by atoms with Crippen LogP contribution in [-0.2, 0) is 4.79 Å². The van der Waals surface area contributed by atoms with Crippen molar-refractivity contribution in [2.24, 2.45) is 5.92 Å². The number of rotatable bonds is 6. The Morgan fingerprint density at radius 1 is 1.46 bits per heavy atom. The second kappa shape index (κ2) is 6.89. The van der Waals surface area contributed by atoms with Crippen molar-refractivity contribution in [2.75, 3.05) is 6.61 Å². The lowest BCUT2D eigenvalue weighted by molar-refractivity contribution is -0.125. The van der Waals surface area contributed by atoms with Crippen LogP contribution < -0.4 is 5.32 Å². The number of hydrogen-bond acceptors (Lipinski definition) is 2. The van der Waals surface area contributed by atoms with E-state index in [2.05, 4.69) is 5.32 Å². The van der Waals surface area contributed by atoms with Crippen LogP contribution in [0.1, 0.15) is 40.0 Å². The zero-order valence-corrected chi connectivity index (χ0v) is 8.84. The van der Waals surface area contributed by atoms with Crippen molar-refractivity contribution in [3.05, 3.63) is 0 Å². The molecule has 2 atom stereocenters. The Kier molecular flexibility index (Phi) is 6.59. The fourth-order valence-electron chi connectivity index (χ4n) is 1.04. The van der Waals surface area contributed by atoms with Crippen molar-refractivity contribution in [1.29, 1.82) is 0 Å². The smallest absolute Gasteiger partial charge is 0.223 e. The Bertz CT molecular complexity index is 148. The quantitative estimate of drug-likeness (QED) is 0.658. The maximum atomic E-state index is 11.4. The van der Waals surface area contributed by atoms with E-state index >= 15 is 0 Å². The average Bonchev–Trinajstić information content (AvgIpc) is 2.13. The molecule has 0 aromatic carbocycles. The van der Waals surface area contributed by atoms with Crippen LogP contribution >= 0.6 is 0 Å². The minimum absolute atomic E-state index is 0.0941. The number of nitrogens with one attached hydrogen (secondary N) is 1. The Balaban J connectivity index is 3.64. The van der Waals surface area contributed by atoms with Crippen LogP contribution in [0.15, 0.2) is 0 Å². The summed E-state index contributed by atoms with van der Waals surface area (Å²) in [7, 11) is 0. The molecule has 2 unspecified atom stereocenters. The molecule has 13 heavy (non-hydrogen) atoms. The summed E-state index contributed by atoms with van der Waals surface area (Å²) in [5.41, 5.74) is 0. The minimum atomic E-state index is 0.0941. The standard InChI is InChI=1S/C10H21NO2/c1-4-8(2)10(13)11-9(3)6-5-7-12/h8-9,12H,4-7H2,1-3H3,(H,11,13).